The third-order valence-electron chi connectivity index (χ3n) is 5.19. The number of carbonyl (C=O) groups is 2. The predicted molar refractivity (Wildman–Crippen MR) is 115 cm³/mol. The monoisotopic (exact) mass is 405 g/mol. The summed E-state index contributed by atoms with van der Waals surface area (Å²) in [5, 5.41) is 10.0. The van der Waals surface area contributed by atoms with Crippen LogP contribution in [0, 0.1) is 5.92 Å². The molecule has 0 spiro atoms. The van der Waals surface area contributed by atoms with E-state index in [1.165, 1.54) is 6.33 Å². The van der Waals surface area contributed by atoms with Crippen molar-refractivity contribution >= 4 is 11.8 Å². The van der Waals surface area contributed by atoms with Crippen LogP contribution in [0.2, 0.25) is 0 Å². The van der Waals surface area contributed by atoms with Crippen molar-refractivity contribution < 1.29 is 9.59 Å². The molecule has 2 unspecified atom stereocenters. The average molecular weight is 406 g/mol. The second kappa shape index (κ2) is 10.3. The van der Waals surface area contributed by atoms with Crippen molar-refractivity contribution in [1.82, 2.24) is 25.4 Å². The Labute approximate surface area is 176 Å². The largest absolute Gasteiger partial charge is 0.350 e. The predicted octanol–water partition coefficient (Wildman–Crippen LogP) is 2.79. The zero-order valence-corrected chi connectivity index (χ0v) is 17.3. The maximum atomic E-state index is 13.0. The van der Waals surface area contributed by atoms with E-state index in [-0.39, 0.29) is 17.7 Å². The molecule has 2 amide bonds. The fourth-order valence-electron chi connectivity index (χ4n) is 3.18. The zero-order valence-electron chi connectivity index (χ0n) is 17.3. The van der Waals surface area contributed by atoms with E-state index < -0.39 is 6.04 Å². The molecule has 2 atom stereocenters. The molecule has 1 aromatic heterocycles. The van der Waals surface area contributed by atoms with E-state index in [1.807, 2.05) is 44.2 Å². The van der Waals surface area contributed by atoms with Crippen LogP contribution in [0.1, 0.15) is 41.8 Å². The molecular formula is C23H27N5O2. The van der Waals surface area contributed by atoms with E-state index in [0.717, 1.165) is 17.5 Å². The molecule has 1 heterocycles. The summed E-state index contributed by atoms with van der Waals surface area (Å²) in [4.78, 5) is 29.5. The van der Waals surface area contributed by atoms with Gasteiger partial charge in [-0.25, -0.2) is 9.67 Å². The van der Waals surface area contributed by atoms with Gasteiger partial charge in [-0.2, -0.15) is 5.10 Å². The number of hydrogen-bond acceptors (Lipinski definition) is 4. The summed E-state index contributed by atoms with van der Waals surface area (Å²) in [6, 6.07) is 16.2. The molecular weight excluding hydrogens is 378 g/mol. The molecule has 2 N–H and O–H groups in total. The molecule has 0 bridgehead atoms. The minimum atomic E-state index is -0.606. The standard InChI is InChI=1S/C23H27N5O2/c1-3-17(2)21(27-22(29)18-9-5-4-6-10-18)23(30)25-13-19-11-7-8-12-20(19)14-28-16-24-15-26-28/h4-12,15-17,21H,3,13-14H2,1-2H3,(H,25,30)(H,27,29). The number of aromatic nitrogens is 3. The van der Waals surface area contributed by atoms with Crippen LogP contribution >= 0.6 is 0 Å². The highest BCUT2D eigenvalue weighted by Crippen LogP contribution is 2.13. The van der Waals surface area contributed by atoms with Crippen molar-refractivity contribution in [3.63, 3.8) is 0 Å². The van der Waals surface area contributed by atoms with E-state index >= 15 is 0 Å². The Morgan fingerprint density at radius 1 is 1.03 bits per heavy atom. The minimum Gasteiger partial charge on any atom is -0.350 e. The van der Waals surface area contributed by atoms with Crippen LogP contribution in [0.25, 0.3) is 0 Å². The summed E-state index contributed by atoms with van der Waals surface area (Å²) in [6.07, 6.45) is 3.93. The van der Waals surface area contributed by atoms with Crippen LogP contribution in [0.4, 0.5) is 0 Å². The average Bonchev–Trinajstić information content (AvgIpc) is 3.29. The van der Waals surface area contributed by atoms with E-state index in [9.17, 15) is 9.59 Å². The van der Waals surface area contributed by atoms with Gasteiger partial charge in [0.2, 0.25) is 5.91 Å². The van der Waals surface area contributed by atoms with Crippen molar-refractivity contribution in [2.24, 2.45) is 5.92 Å². The molecule has 0 aliphatic heterocycles. The summed E-state index contributed by atoms with van der Waals surface area (Å²) in [5.41, 5.74) is 2.59. The lowest BCUT2D eigenvalue weighted by atomic mass is 9.97. The number of amides is 2. The van der Waals surface area contributed by atoms with E-state index in [2.05, 4.69) is 20.7 Å². The van der Waals surface area contributed by atoms with Crippen molar-refractivity contribution in [3.05, 3.63) is 83.9 Å². The number of nitrogens with zero attached hydrogens (tertiary/aromatic N) is 3. The van der Waals surface area contributed by atoms with Gasteiger partial charge in [-0.05, 0) is 29.2 Å². The van der Waals surface area contributed by atoms with Crippen molar-refractivity contribution in [2.75, 3.05) is 0 Å². The summed E-state index contributed by atoms with van der Waals surface area (Å²) in [7, 11) is 0. The third kappa shape index (κ3) is 5.53. The van der Waals surface area contributed by atoms with Gasteiger partial charge in [-0.15, -0.1) is 0 Å². The molecule has 7 heteroatoms. The first kappa shape index (κ1) is 21.2. The molecule has 0 radical (unpaired) electrons. The van der Waals surface area contributed by atoms with Gasteiger partial charge in [0.1, 0.15) is 18.7 Å². The molecule has 0 fully saturated rings. The van der Waals surface area contributed by atoms with Crippen LogP contribution in [-0.2, 0) is 17.9 Å². The topological polar surface area (TPSA) is 88.9 Å². The lowest BCUT2D eigenvalue weighted by Crippen LogP contribution is -2.50. The van der Waals surface area contributed by atoms with E-state index in [4.69, 9.17) is 0 Å². The molecule has 2 aromatic carbocycles. The fourth-order valence-corrected chi connectivity index (χ4v) is 3.18. The Morgan fingerprint density at radius 3 is 2.40 bits per heavy atom. The Morgan fingerprint density at radius 2 is 1.73 bits per heavy atom. The summed E-state index contributed by atoms with van der Waals surface area (Å²) >= 11 is 0. The number of hydrogen-bond donors (Lipinski definition) is 2. The first-order chi connectivity index (χ1) is 14.6. The maximum Gasteiger partial charge on any atom is 0.251 e. The highest BCUT2D eigenvalue weighted by atomic mass is 16.2. The van der Waals surface area contributed by atoms with Crippen LogP contribution in [0.15, 0.2) is 67.3 Å². The summed E-state index contributed by atoms with van der Waals surface area (Å²) in [6.45, 7) is 4.92. The van der Waals surface area contributed by atoms with E-state index in [0.29, 0.717) is 18.7 Å². The second-order valence-electron chi connectivity index (χ2n) is 7.28. The molecule has 0 saturated heterocycles. The normalized spacial score (nSPS) is 12.7. The number of rotatable bonds is 9. The van der Waals surface area contributed by atoms with Crippen LogP contribution in [0.5, 0.6) is 0 Å². The molecule has 0 saturated carbocycles. The van der Waals surface area contributed by atoms with Crippen LogP contribution < -0.4 is 10.6 Å². The highest BCUT2D eigenvalue weighted by Gasteiger charge is 2.26. The lowest BCUT2D eigenvalue weighted by Gasteiger charge is -2.24. The minimum absolute atomic E-state index is 0.00283. The lowest BCUT2D eigenvalue weighted by molar-refractivity contribution is -0.124. The molecule has 0 aliphatic rings. The number of benzene rings is 2. The van der Waals surface area contributed by atoms with Crippen LogP contribution in [0.3, 0.4) is 0 Å². The molecule has 30 heavy (non-hydrogen) atoms. The van der Waals surface area contributed by atoms with Gasteiger partial charge in [-0.1, -0.05) is 62.7 Å². The van der Waals surface area contributed by atoms with Crippen LogP contribution in [-0.4, -0.2) is 32.6 Å². The third-order valence-corrected chi connectivity index (χ3v) is 5.19. The van der Waals surface area contributed by atoms with Gasteiger partial charge in [0.15, 0.2) is 0 Å². The van der Waals surface area contributed by atoms with Gasteiger partial charge in [0, 0.05) is 12.1 Å². The zero-order chi connectivity index (χ0) is 21.3. The van der Waals surface area contributed by atoms with E-state index in [1.54, 1.807) is 35.3 Å². The van der Waals surface area contributed by atoms with Gasteiger partial charge in [0.25, 0.3) is 5.91 Å². The van der Waals surface area contributed by atoms with Crippen molar-refractivity contribution in [3.8, 4) is 0 Å². The first-order valence-electron chi connectivity index (χ1n) is 10.1. The fraction of sp³-hybridized carbons (Fsp3) is 0.304. The van der Waals surface area contributed by atoms with Gasteiger partial charge >= 0.3 is 0 Å². The molecule has 7 nitrogen and oxygen atoms in total. The smallest absolute Gasteiger partial charge is 0.251 e. The second-order valence-corrected chi connectivity index (χ2v) is 7.28. The Bertz CT molecular complexity index is 957. The Hall–Kier alpha value is -3.48. The molecule has 156 valence electrons. The van der Waals surface area contributed by atoms with Crippen molar-refractivity contribution in [2.45, 2.75) is 39.4 Å². The van der Waals surface area contributed by atoms with Gasteiger partial charge in [0.05, 0.1) is 6.54 Å². The van der Waals surface area contributed by atoms with Crippen molar-refractivity contribution in [1.29, 1.82) is 0 Å². The summed E-state index contributed by atoms with van der Waals surface area (Å²) < 4.78 is 1.74. The number of nitrogens with one attached hydrogen (secondary N) is 2. The molecule has 0 aliphatic carbocycles. The summed E-state index contributed by atoms with van der Waals surface area (Å²) in [5.74, 6) is -0.435. The van der Waals surface area contributed by atoms with Gasteiger partial charge < -0.3 is 10.6 Å². The Kier molecular flexibility index (Phi) is 7.32. The van der Waals surface area contributed by atoms with Gasteiger partial charge in [-0.3, -0.25) is 9.59 Å². The quantitative estimate of drug-likeness (QED) is 0.573. The SMILES string of the molecule is CCC(C)C(NC(=O)c1ccccc1)C(=O)NCc1ccccc1Cn1cncn1. The maximum absolute atomic E-state index is 13.0. The molecule has 3 aromatic rings. The highest BCUT2D eigenvalue weighted by molar-refractivity contribution is 5.97. The number of carbonyl (C=O) groups excluding carboxylic acids is 2. The first-order valence-corrected chi connectivity index (χ1v) is 10.1. The molecule has 3 rings (SSSR count). The Balaban J connectivity index is 1.67.